The lowest BCUT2D eigenvalue weighted by atomic mass is 10.0. The predicted molar refractivity (Wildman–Crippen MR) is 365 cm³/mol. The summed E-state index contributed by atoms with van der Waals surface area (Å²) in [5.74, 6) is -0.495. The van der Waals surface area contributed by atoms with E-state index in [0.29, 0.717) is 23.9 Å². The molecule has 0 rings (SSSR count). The van der Waals surface area contributed by atoms with Gasteiger partial charge in [0, 0.05) is 12.8 Å². The van der Waals surface area contributed by atoms with Crippen LogP contribution in [0.15, 0.2) is 60.8 Å². The van der Waals surface area contributed by atoms with Gasteiger partial charge in [0.1, 0.15) is 19.3 Å². The summed E-state index contributed by atoms with van der Waals surface area (Å²) in [6, 6.07) is -0.850. The van der Waals surface area contributed by atoms with Crippen LogP contribution >= 0.6 is 7.82 Å². The molecule has 0 aromatic rings. The standard InChI is InChI=1S/C74H139N2O7P/c1-7-10-13-16-19-22-25-28-30-32-34-35-36-37-38-39-40-41-43-45-47-49-52-55-58-61-64-67-74(78)83-72(65-62-59-56-53-50-27-24-21-18-15-12-9-3)71(70-82-84(79,80)81-69-68-76(4,5)6)75-73(77)66-63-60-57-54-51-48-46-44-42-33-31-29-26-23-20-17-14-11-8-2/h19,22,28-31,34-35,62,65,71-72H,7-18,20-21,23-27,32-33,36-61,63-64,66-70H2,1-6H3,(H-,75,77,79,80)/p+1/b22-19-,30-28-,31-29+,35-34-,65-62-. The Balaban J connectivity index is 5.01. The maximum absolute atomic E-state index is 13.6. The van der Waals surface area contributed by atoms with Gasteiger partial charge in [-0.2, -0.15) is 0 Å². The van der Waals surface area contributed by atoms with Crippen molar-refractivity contribution in [3.05, 3.63) is 60.8 Å². The van der Waals surface area contributed by atoms with E-state index in [1.54, 1.807) is 0 Å². The molecule has 0 aromatic carbocycles. The van der Waals surface area contributed by atoms with Crippen LogP contribution in [0.1, 0.15) is 348 Å². The number of phosphoric acid groups is 1. The number of likely N-dealkylation sites (N-methyl/N-ethyl adjacent to an activating group) is 1. The van der Waals surface area contributed by atoms with E-state index < -0.39 is 20.0 Å². The first-order valence-corrected chi connectivity index (χ1v) is 37.6. The zero-order valence-corrected chi connectivity index (χ0v) is 57.3. The molecule has 0 fully saturated rings. The Morgan fingerprint density at radius 2 is 0.726 bits per heavy atom. The lowest BCUT2D eigenvalue weighted by Gasteiger charge is -2.27. The van der Waals surface area contributed by atoms with Gasteiger partial charge in [-0.25, -0.2) is 4.57 Å². The summed E-state index contributed by atoms with van der Waals surface area (Å²) >= 11 is 0. The summed E-state index contributed by atoms with van der Waals surface area (Å²) in [4.78, 5) is 37.9. The van der Waals surface area contributed by atoms with Crippen molar-refractivity contribution in [2.75, 3.05) is 40.9 Å². The number of hydrogen-bond donors (Lipinski definition) is 2. The summed E-state index contributed by atoms with van der Waals surface area (Å²) in [5.41, 5.74) is 0. The normalized spacial score (nSPS) is 13.8. The fourth-order valence-electron chi connectivity index (χ4n) is 10.6. The van der Waals surface area contributed by atoms with Crippen LogP contribution in [0.2, 0.25) is 0 Å². The second kappa shape index (κ2) is 63.7. The van der Waals surface area contributed by atoms with Crippen LogP contribution in [0, 0.1) is 0 Å². The number of amides is 1. The van der Waals surface area contributed by atoms with E-state index in [4.69, 9.17) is 13.8 Å². The summed E-state index contributed by atoms with van der Waals surface area (Å²) in [7, 11) is 1.50. The number of phosphoric ester groups is 1. The van der Waals surface area contributed by atoms with Gasteiger partial charge >= 0.3 is 13.8 Å². The van der Waals surface area contributed by atoms with Crippen molar-refractivity contribution in [3.8, 4) is 0 Å². The molecule has 0 spiro atoms. The van der Waals surface area contributed by atoms with Crippen molar-refractivity contribution >= 4 is 19.7 Å². The monoisotopic (exact) mass is 1200 g/mol. The topological polar surface area (TPSA) is 111 Å². The smallest absolute Gasteiger partial charge is 0.456 e. The molecule has 492 valence electrons. The molecule has 3 atom stereocenters. The molecule has 0 aliphatic carbocycles. The van der Waals surface area contributed by atoms with Crippen molar-refractivity contribution in [1.82, 2.24) is 5.32 Å². The Labute approximate surface area is 521 Å². The van der Waals surface area contributed by atoms with Crippen molar-refractivity contribution in [3.63, 3.8) is 0 Å². The fraction of sp³-hybridized carbons (Fsp3) is 0.838. The molecule has 0 heterocycles. The Bertz CT molecular complexity index is 1620. The number of nitrogens with zero attached hydrogens (tertiary/aromatic N) is 1. The van der Waals surface area contributed by atoms with Gasteiger partial charge in [0.25, 0.3) is 0 Å². The molecular weight excluding hydrogens is 1060 g/mol. The first kappa shape index (κ1) is 81.7. The highest BCUT2D eigenvalue weighted by atomic mass is 31.2. The minimum atomic E-state index is -4.45. The Morgan fingerprint density at radius 3 is 1.12 bits per heavy atom. The molecule has 0 aromatic heterocycles. The third-order valence-electron chi connectivity index (χ3n) is 16.2. The van der Waals surface area contributed by atoms with Gasteiger partial charge in [0.15, 0.2) is 0 Å². The van der Waals surface area contributed by atoms with Gasteiger partial charge in [0.2, 0.25) is 5.91 Å². The second-order valence-electron chi connectivity index (χ2n) is 25.8. The van der Waals surface area contributed by atoms with Crippen molar-refractivity contribution < 1.29 is 37.3 Å². The molecule has 1 amide bonds. The van der Waals surface area contributed by atoms with Crippen molar-refractivity contribution in [2.24, 2.45) is 0 Å². The number of esters is 1. The number of ether oxygens (including phenoxy) is 1. The average molecular weight is 1200 g/mol. The summed E-state index contributed by atoms with van der Waals surface area (Å²) in [5, 5.41) is 3.07. The second-order valence-corrected chi connectivity index (χ2v) is 27.2. The number of hydrogen-bond acceptors (Lipinski definition) is 6. The van der Waals surface area contributed by atoms with Gasteiger partial charge in [0.05, 0.1) is 33.8 Å². The van der Waals surface area contributed by atoms with E-state index in [0.717, 1.165) is 70.6 Å². The number of rotatable bonds is 66. The van der Waals surface area contributed by atoms with E-state index in [1.165, 1.54) is 244 Å². The highest BCUT2D eigenvalue weighted by Gasteiger charge is 2.30. The SMILES string of the molecule is CCCCC/C=C\C/C=C\C/C=C\CCCCCCCCCCCCCCCCC(=O)OC(/C=C\CCCCCCCCCCCC)C(COP(=O)(O)OCC[N+](C)(C)C)NC(=O)CCCCCCCCCCC/C=C/CCCCCCCC. The van der Waals surface area contributed by atoms with E-state index in [-0.39, 0.29) is 25.1 Å². The number of carbonyl (C=O) groups excluding carboxylic acids is 2. The molecule has 84 heavy (non-hydrogen) atoms. The molecule has 9 nitrogen and oxygen atoms in total. The van der Waals surface area contributed by atoms with Crippen LogP contribution in [0.4, 0.5) is 0 Å². The van der Waals surface area contributed by atoms with E-state index >= 15 is 0 Å². The zero-order chi connectivity index (χ0) is 61.4. The largest absolute Gasteiger partial charge is 0.472 e. The minimum absolute atomic E-state index is 0.0403. The zero-order valence-electron chi connectivity index (χ0n) is 56.4. The van der Waals surface area contributed by atoms with Crippen LogP contribution in [-0.4, -0.2) is 74.3 Å². The first-order chi connectivity index (χ1) is 40.9. The van der Waals surface area contributed by atoms with Gasteiger partial charge in [-0.05, 0) is 96.0 Å². The number of carbonyl (C=O) groups is 2. The quantitative estimate of drug-likeness (QED) is 0.0205. The van der Waals surface area contributed by atoms with Gasteiger partial charge in [-0.3, -0.25) is 18.6 Å². The van der Waals surface area contributed by atoms with Gasteiger partial charge < -0.3 is 19.4 Å². The van der Waals surface area contributed by atoms with Crippen LogP contribution in [0.25, 0.3) is 0 Å². The average Bonchev–Trinajstić information content (AvgIpc) is 3.65. The summed E-state index contributed by atoms with van der Waals surface area (Å²) in [6.07, 6.45) is 82.3. The summed E-state index contributed by atoms with van der Waals surface area (Å²) < 4.78 is 30.8. The van der Waals surface area contributed by atoms with Gasteiger partial charge in [-0.15, -0.1) is 0 Å². The van der Waals surface area contributed by atoms with E-state index in [2.05, 4.69) is 74.7 Å². The van der Waals surface area contributed by atoms with Gasteiger partial charge in [-0.1, -0.05) is 300 Å². The number of nitrogens with one attached hydrogen (secondary N) is 1. The lowest BCUT2D eigenvalue weighted by molar-refractivity contribution is -0.870. The van der Waals surface area contributed by atoms with E-state index in [1.807, 2.05) is 33.3 Å². The number of allylic oxidation sites excluding steroid dienone is 9. The molecule has 0 saturated heterocycles. The maximum Gasteiger partial charge on any atom is 0.472 e. The Kier molecular flexibility index (Phi) is 62.0. The molecule has 0 radical (unpaired) electrons. The molecule has 3 unspecified atom stereocenters. The van der Waals surface area contributed by atoms with Crippen LogP contribution in [0.5, 0.6) is 0 Å². The maximum atomic E-state index is 13.6. The molecule has 0 aliphatic heterocycles. The minimum Gasteiger partial charge on any atom is -0.456 e. The van der Waals surface area contributed by atoms with E-state index in [9.17, 15) is 19.0 Å². The highest BCUT2D eigenvalue weighted by molar-refractivity contribution is 7.47. The third kappa shape index (κ3) is 64.2. The first-order valence-electron chi connectivity index (χ1n) is 36.1. The summed E-state index contributed by atoms with van der Waals surface area (Å²) in [6.45, 7) is 7.02. The molecule has 0 saturated carbocycles. The molecule has 0 bridgehead atoms. The number of quaternary nitrogens is 1. The lowest BCUT2D eigenvalue weighted by Crippen LogP contribution is -2.47. The molecule has 10 heteroatoms. The van der Waals surface area contributed by atoms with Crippen LogP contribution in [0.3, 0.4) is 0 Å². The predicted octanol–water partition coefficient (Wildman–Crippen LogP) is 23.0. The third-order valence-corrected chi connectivity index (χ3v) is 17.2. The molecule has 2 N–H and O–H groups in total. The Morgan fingerprint density at radius 1 is 0.417 bits per heavy atom. The molecule has 0 aliphatic rings. The van der Waals surface area contributed by atoms with Crippen molar-refractivity contribution in [2.45, 2.75) is 360 Å². The Hall–Kier alpha value is -2.29. The molecular formula is C74H140N2O7P+. The highest BCUT2D eigenvalue weighted by Crippen LogP contribution is 2.43. The van der Waals surface area contributed by atoms with Crippen molar-refractivity contribution in [1.29, 1.82) is 0 Å². The van der Waals surface area contributed by atoms with Crippen LogP contribution < -0.4 is 5.32 Å². The van der Waals surface area contributed by atoms with Crippen LogP contribution in [-0.2, 0) is 27.9 Å². The number of unbranched alkanes of at least 4 members (excludes halogenated alkanes) is 42. The fourth-order valence-corrected chi connectivity index (χ4v) is 11.3.